The standard InChI is InChI=1S/C21H20FN3O3/c1-28-18-4-2-3-15(13-18)14-23-20(26)11-12-25-21(27)10-9-19(24-25)16-5-7-17(22)8-6-16/h2-10,13H,11-12,14H2,1H3,(H,23,26). The van der Waals surface area contributed by atoms with Crippen molar-refractivity contribution >= 4 is 5.91 Å². The summed E-state index contributed by atoms with van der Waals surface area (Å²) in [5.41, 5.74) is 1.85. The predicted molar refractivity (Wildman–Crippen MR) is 103 cm³/mol. The first kappa shape index (κ1) is 19.3. The van der Waals surface area contributed by atoms with E-state index in [4.69, 9.17) is 4.74 Å². The lowest BCUT2D eigenvalue weighted by Gasteiger charge is -2.09. The summed E-state index contributed by atoms with van der Waals surface area (Å²) in [5.74, 6) is 0.189. The number of carbonyl (C=O) groups excluding carboxylic acids is 1. The fourth-order valence-corrected chi connectivity index (χ4v) is 2.66. The Bertz CT molecular complexity index is 1020. The van der Waals surface area contributed by atoms with Crippen molar-refractivity contribution in [1.82, 2.24) is 15.1 Å². The Kier molecular flexibility index (Phi) is 6.16. The molecule has 0 unspecified atom stereocenters. The molecule has 0 fully saturated rings. The first-order chi connectivity index (χ1) is 13.5. The molecule has 3 aromatic rings. The number of amides is 1. The summed E-state index contributed by atoms with van der Waals surface area (Å²) in [7, 11) is 1.59. The SMILES string of the molecule is COc1cccc(CNC(=O)CCn2nc(-c3ccc(F)cc3)ccc2=O)c1. The first-order valence-corrected chi connectivity index (χ1v) is 8.79. The lowest BCUT2D eigenvalue weighted by molar-refractivity contribution is -0.121. The van der Waals surface area contributed by atoms with E-state index in [9.17, 15) is 14.0 Å². The van der Waals surface area contributed by atoms with E-state index in [1.807, 2.05) is 24.3 Å². The molecule has 6 nitrogen and oxygen atoms in total. The fraction of sp³-hybridized carbons (Fsp3) is 0.190. The second-order valence-electron chi connectivity index (χ2n) is 6.17. The van der Waals surface area contributed by atoms with Gasteiger partial charge in [-0.3, -0.25) is 9.59 Å². The van der Waals surface area contributed by atoms with Gasteiger partial charge in [-0.2, -0.15) is 5.10 Å². The molecule has 144 valence electrons. The first-order valence-electron chi connectivity index (χ1n) is 8.79. The molecule has 1 N–H and O–H groups in total. The van der Waals surface area contributed by atoms with Crippen LogP contribution in [0.3, 0.4) is 0 Å². The highest BCUT2D eigenvalue weighted by Gasteiger charge is 2.07. The number of ether oxygens (including phenoxy) is 1. The number of hydrogen-bond donors (Lipinski definition) is 1. The third-order valence-corrected chi connectivity index (χ3v) is 4.18. The van der Waals surface area contributed by atoms with E-state index >= 15 is 0 Å². The van der Waals surface area contributed by atoms with Crippen LogP contribution in [0, 0.1) is 5.82 Å². The molecule has 1 aromatic heterocycles. The molecule has 1 heterocycles. The molecule has 0 atom stereocenters. The quantitative estimate of drug-likeness (QED) is 0.683. The van der Waals surface area contributed by atoms with Gasteiger partial charge in [0.25, 0.3) is 5.56 Å². The van der Waals surface area contributed by atoms with Gasteiger partial charge < -0.3 is 10.1 Å². The van der Waals surface area contributed by atoms with Crippen molar-refractivity contribution in [2.45, 2.75) is 19.5 Å². The van der Waals surface area contributed by atoms with Gasteiger partial charge in [-0.1, -0.05) is 12.1 Å². The highest BCUT2D eigenvalue weighted by atomic mass is 19.1. The van der Waals surface area contributed by atoms with Crippen LogP contribution in [0.15, 0.2) is 65.5 Å². The number of nitrogens with zero attached hydrogens (tertiary/aromatic N) is 2. The fourth-order valence-electron chi connectivity index (χ4n) is 2.66. The highest BCUT2D eigenvalue weighted by Crippen LogP contribution is 2.15. The third-order valence-electron chi connectivity index (χ3n) is 4.18. The molecular formula is C21H20FN3O3. The van der Waals surface area contributed by atoms with Gasteiger partial charge in [0.05, 0.1) is 19.3 Å². The maximum atomic E-state index is 13.1. The molecule has 0 saturated carbocycles. The van der Waals surface area contributed by atoms with Crippen LogP contribution in [-0.2, 0) is 17.9 Å². The van der Waals surface area contributed by atoms with Gasteiger partial charge in [-0.15, -0.1) is 0 Å². The molecular weight excluding hydrogens is 361 g/mol. The largest absolute Gasteiger partial charge is 0.497 e. The number of benzene rings is 2. The Hall–Kier alpha value is -3.48. The van der Waals surface area contributed by atoms with Crippen LogP contribution < -0.4 is 15.6 Å². The van der Waals surface area contributed by atoms with Crippen LogP contribution in [0.2, 0.25) is 0 Å². The number of hydrogen-bond acceptors (Lipinski definition) is 4. The Morgan fingerprint density at radius 1 is 1.14 bits per heavy atom. The smallest absolute Gasteiger partial charge is 0.266 e. The van der Waals surface area contributed by atoms with Crippen molar-refractivity contribution in [1.29, 1.82) is 0 Å². The van der Waals surface area contributed by atoms with Crippen molar-refractivity contribution in [3.8, 4) is 17.0 Å². The number of aryl methyl sites for hydroxylation is 1. The van der Waals surface area contributed by atoms with E-state index < -0.39 is 0 Å². The van der Waals surface area contributed by atoms with Gasteiger partial charge in [-0.05, 0) is 48.0 Å². The normalized spacial score (nSPS) is 10.5. The second-order valence-corrected chi connectivity index (χ2v) is 6.17. The summed E-state index contributed by atoms with van der Waals surface area (Å²) < 4.78 is 19.5. The van der Waals surface area contributed by atoms with Gasteiger partial charge >= 0.3 is 0 Å². The average Bonchev–Trinajstić information content (AvgIpc) is 2.72. The van der Waals surface area contributed by atoms with Crippen LogP contribution in [0.5, 0.6) is 5.75 Å². The van der Waals surface area contributed by atoms with E-state index in [0.717, 1.165) is 11.3 Å². The number of aromatic nitrogens is 2. The number of rotatable bonds is 7. The number of halogens is 1. The summed E-state index contributed by atoms with van der Waals surface area (Å²) in [6.07, 6.45) is 0.115. The Balaban J connectivity index is 1.60. The topological polar surface area (TPSA) is 73.2 Å². The minimum Gasteiger partial charge on any atom is -0.497 e. The molecule has 1 amide bonds. The zero-order valence-corrected chi connectivity index (χ0v) is 15.4. The average molecular weight is 381 g/mol. The summed E-state index contributed by atoms with van der Waals surface area (Å²) in [5, 5.41) is 7.08. The van der Waals surface area contributed by atoms with Crippen molar-refractivity contribution in [3.05, 3.63) is 82.4 Å². The number of carbonyl (C=O) groups is 1. The summed E-state index contributed by atoms with van der Waals surface area (Å²) in [4.78, 5) is 24.1. The van der Waals surface area contributed by atoms with E-state index in [-0.39, 0.29) is 30.2 Å². The predicted octanol–water partition coefficient (Wildman–Crippen LogP) is 2.76. The molecule has 28 heavy (non-hydrogen) atoms. The monoisotopic (exact) mass is 381 g/mol. The molecule has 0 spiro atoms. The van der Waals surface area contributed by atoms with Crippen LogP contribution >= 0.6 is 0 Å². The molecule has 0 saturated heterocycles. The third kappa shape index (κ3) is 5.03. The lowest BCUT2D eigenvalue weighted by Crippen LogP contribution is -2.28. The van der Waals surface area contributed by atoms with Crippen molar-refractivity contribution in [3.63, 3.8) is 0 Å². The molecule has 0 aliphatic rings. The van der Waals surface area contributed by atoms with Gasteiger partial charge in [0, 0.05) is 24.6 Å². The molecule has 2 aromatic carbocycles. The van der Waals surface area contributed by atoms with Gasteiger partial charge in [0.2, 0.25) is 5.91 Å². The second kappa shape index (κ2) is 8.94. The summed E-state index contributed by atoms with van der Waals surface area (Å²) in [6, 6.07) is 16.2. The number of nitrogens with one attached hydrogen (secondary N) is 1. The zero-order valence-electron chi connectivity index (χ0n) is 15.4. The Labute approximate surface area is 161 Å². The molecule has 0 bridgehead atoms. The van der Waals surface area contributed by atoms with Gasteiger partial charge in [-0.25, -0.2) is 9.07 Å². The summed E-state index contributed by atoms with van der Waals surface area (Å²) in [6.45, 7) is 0.520. The van der Waals surface area contributed by atoms with Crippen LogP contribution in [-0.4, -0.2) is 22.8 Å². The van der Waals surface area contributed by atoms with Crippen molar-refractivity contribution < 1.29 is 13.9 Å². The zero-order chi connectivity index (χ0) is 19.9. The van der Waals surface area contributed by atoms with Gasteiger partial charge in [0.15, 0.2) is 0 Å². The maximum Gasteiger partial charge on any atom is 0.266 e. The van der Waals surface area contributed by atoms with E-state index in [1.165, 1.54) is 22.9 Å². The highest BCUT2D eigenvalue weighted by molar-refractivity contribution is 5.75. The number of methoxy groups -OCH3 is 1. The van der Waals surface area contributed by atoms with Crippen LogP contribution in [0.25, 0.3) is 11.3 Å². The minimum atomic E-state index is -0.343. The lowest BCUT2D eigenvalue weighted by atomic mass is 10.1. The van der Waals surface area contributed by atoms with Gasteiger partial charge in [0.1, 0.15) is 11.6 Å². The minimum absolute atomic E-state index is 0.115. The maximum absolute atomic E-state index is 13.1. The van der Waals surface area contributed by atoms with Crippen LogP contribution in [0.4, 0.5) is 4.39 Å². The Morgan fingerprint density at radius 3 is 2.68 bits per heavy atom. The molecule has 0 aliphatic carbocycles. The summed E-state index contributed by atoms with van der Waals surface area (Å²) >= 11 is 0. The molecule has 0 radical (unpaired) electrons. The van der Waals surface area contributed by atoms with Crippen LogP contribution in [0.1, 0.15) is 12.0 Å². The molecule has 0 aliphatic heterocycles. The molecule has 3 rings (SSSR count). The molecule has 7 heteroatoms. The van der Waals surface area contributed by atoms with Crippen molar-refractivity contribution in [2.75, 3.05) is 7.11 Å². The van der Waals surface area contributed by atoms with E-state index in [0.29, 0.717) is 17.8 Å². The van der Waals surface area contributed by atoms with E-state index in [1.54, 1.807) is 25.3 Å². The van der Waals surface area contributed by atoms with Crippen molar-refractivity contribution in [2.24, 2.45) is 0 Å². The Morgan fingerprint density at radius 2 is 1.93 bits per heavy atom. The van der Waals surface area contributed by atoms with E-state index in [2.05, 4.69) is 10.4 Å².